The highest BCUT2D eigenvalue weighted by atomic mass is 32.1. The van der Waals surface area contributed by atoms with Crippen molar-refractivity contribution < 1.29 is 4.74 Å². The molecule has 2 aromatic carbocycles. The summed E-state index contributed by atoms with van der Waals surface area (Å²) in [4.78, 5) is 22.7. The van der Waals surface area contributed by atoms with E-state index < -0.39 is 0 Å². The van der Waals surface area contributed by atoms with Crippen LogP contribution in [0.2, 0.25) is 0 Å². The molecule has 33 heavy (non-hydrogen) atoms. The number of aromatic nitrogens is 3. The molecule has 6 nitrogen and oxygen atoms in total. The number of ether oxygens (including phenoxy) is 1. The monoisotopic (exact) mass is 450 g/mol. The Kier molecular flexibility index (Phi) is 5.21. The number of fused-ring (bicyclic) bond motifs is 2. The molecule has 0 aliphatic rings. The molecule has 0 fully saturated rings. The number of hydrogen-bond donors (Lipinski definition) is 0. The van der Waals surface area contributed by atoms with E-state index in [1.54, 1.807) is 18.3 Å². The Morgan fingerprint density at radius 3 is 2.73 bits per heavy atom. The van der Waals surface area contributed by atoms with Gasteiger partial charge in [-0.15, -0.1) is 11.3 Å². The minimum Gasteiger partial charge on any atom is -0.438 e. The smallest absolute Gasteiger partial charge is 0.269 e. The summed E-state index contributed by atoms with van der Waals surface area (Å²) in [6.45, 7) is 3.84. The Hall–Kier alpha value is -4.28. The Morgan fingerprint density at radius 1 is 1.09 bits per heavy atom. The number of pyridine rings is 1. The van der Waals surface area contributed by atoms with E-state index >= 15 is 0 Å². The third-order valence-corrected chi connectivity index (χ3v) is 6.26. The highest BCUT2D eigenvalue weighted by Crippen LogP contribution is 2.30. The molecule has 0 unspecified atom stereocenters. The van der Waals surface area contributed by atoms with Crippen LogP contribution >= 0.6 is 11.3 Å². The fraction of sp³-hybridized carbons (Fsp3) is 0.0769. The number of nitriles is 1. The molecule has 5 rings (SSSR count). The molecular formula is C26H18N4O2S. The lowest BCUT2D eigenvalue weighted by Crippen LogP contribution is -2.19. The molecule has 5 aromatic rings. The molecule has 0 spiro atoms. The van der Waals surface area contributed by atoms with E-state index in [4.69, 9.17) is 4.74 Å². The van der Waals surface area contributed by atoms with Crippen LogP contribution < -0.4 is 10.3 Å². The number of nitrogens with zero attached hydrogens (tertiary/aromatic N) is 4. The average Bonchev–Trinajstić information content (AvgIpc) is 3.24. The molecule has 0 atom stereocenters. The van der Waals surface area contributed by atoms with Crippen LogP contribution in [-0.4, -0.2) is 14.4 Å². The van der Waals surface area contributed by atoms with Gasteiger partial charge in [-0.1, -0.05) is 30.3 Å². The van der Waals surface area contributed by atoms with Gasteiger partial charge in [0.1, 0.15) is 28.0 Å². The van der Waals surface area contributed by atoms with Crippen molar-refractivity contribution in [1.29, 1.82) is 5.26 Å². The molecule has 0 bridgehead atoms. The zero-order valence-electron chi connectivity index (χ0n) is 17.9. The van der Waals surface area contributed by atoms with Crippen LogP contribution in [0.3, 0.4) is 0 Å². The predicted molar refractivity (Wildman–Crippen MR) is 131 cm³/mol. The normalized spacial score (nSPS) is 11.6. The van der Waals surface area contributed by atoms with Crippen LogP contribution in [0.25, 0.3) is 27.5 Å². The lowest BCUT2D eigenvalue weighted by Gasteiger charge is -2.11. The molecule has 0 aliphatic heterocycles. The molecule has 3 heterocycles. The van der Waals surface area contributed by atoms with E-state index in [2.05, 4.69) is 16.0 Å². The van der Waals surface area contributed by atoms with Gasteiger partial charge in [0, 0.05) is 6.20 Å². The minimum absolute atomic E-state index is 0.147. The molecule has 0 saturated carbocycles. The van der Waals surface area contributed by atoms with E-state index in [-0.39, 0.29) is 22.6 Å². The van der Waals surface area contributed by atoms with Gasteiger partial charge >= 0.3 is 0 Å². The molecule has 0 radical (unpaired) electrons. The lowest BCUT2D eigenvalue weighted by atomic mass is 10.2. The highest BCUT2D eigenvalue weighted by molar-refractivity contribution is 7.19. The highest BCUT2D eigenvalue weighted by Gasteiger charge is 2.17. The second kappa shape index (κ2) is 8.34. The topological polar surface area (TPSA) is 80.3 Å². The SMILES string of the molecule is Cc1cccc(Oc2nc3c(C)cccn3c(=O)c2/C=C(\C#N)c2nc3ccccc3s2)c1. The standard InChI is InChI=1S/C26H18N4O2S/c1-16-7-5-9-19(13-16)32-24-20(26(31)30-12-6-8-17(2)23(30)29-24)14-18(15-27)25-28-21-10-3-4-11-22(21)33-25/h3-14H,1-2H3/b18-14+. The van der Waals surface area contributed by atoms with E-state index in [1.165, 1.54) is 21.8 Å². The molecule has 0 N–H and O–H groups in total. The summed E-state index contributed by atoms with van der Waals surface area (Å²) in [5.74, 6) is 0.710. The molecule has 0 amide bonds. The van der Waals surface area contributed by atoms with Crippen molar-refractivity contribution in [3.8, 4) is 17.7 Å². The van der Waals surface area contributed by atoms with Crippen molar-refractivity contribution in [2.45, 2.75) is 13.8 Å². The predicted octanol–water partition coefficient (Wildman–Crippen LogP) is 5.78. The van der Waals surface area contributed by atoms with Crippen LogP contribution in [-0.2, 0) is 0 Å². The number of rotatable bonds is 4. The molecule has 0 aliphatic carbocycles. The van der Waals surface area contributed by atoms with Crippen molar-refractivity contribution in [3.05, 3.63) is 98.9 Å². The summed E-state index contributed by atoms with van der Waals surface area (Å²) in [5, 5.41) is 10.4. The van der Waals surface area contributed by atoms with E-state index in [0.717, 1.165) is 21.3 Å². The fourth-order valence-electron chi connectivity index (χ4n) is 3.56. The maximum Gasteiger partial charge on any atom is 0.269 e. The number of thiazole rings is 1. The molecular weight excluding hydrogens is 432 g/mol. The Labute approximate surface area is 193 Å². The quantitative estimate of drug-likeness (QED) is 0.324. The van der Waals surface area contributed by atoms with E-state index in [9.17, 15) is 10.1 Å². The minimum atomic E-state index is -0.319. The van der Waals surface area contributed by atoms with Gasteiger partial charge in [0.05, 0.1) is 15.8 Å². The summed E-state index contributed by atoms with van der Waals surface area (Å²) in [5.41, 5.74) is 3.31. The Morgan fingerprint density at radius 2 is 1.94 bits per heavy atom. The van der Waals surface area contributed by atoms with Crippen LogP contribution in [0.4, 0.5) is 0 Å². The van der Waals surface area contributed by atoms with Crippen LogP contribution in [0.1, 0.15) is 21.7 Å². The number of para-hydroxylation sites is 1. The zero-order chi connectivity index (χ0) is 22.9. The van der Waals surface area contributed by atoms with Crippen LogP contribution in [0, 0.1) is 25.2 Å². The largest absolute Gasteiger partial charge is 0.438 e. The maximum atomic E-state index is 13.5. The summed E-state index contributed by atoms with van der Waals surface area (Å²) in [6, 6.07) is 21.1. The lowest BCUT2D eigenvalue weighted by molar-refractivity contribution is 0.460. The number of allylic oxidation sites excluding steroid dienone is 1. The van der Waals surface area contributed by atoms with Crippen molar-refractivity contribution in [3.63, 3.8) is 0 Å². The van der Waals surface area contributed by atoms with Crippen LogP contribution in [0.5, 0.6) is 11.6 Å². The van der Waals surface area contributed by atoms with Gasteiger partial charge in [0.25, 0.3) is 5.56 Å². The third kappa shape index (κ3) is 3.88. The van der Waals surface area contributed by atoms with Gasteiger partial charge in [-0.05, 0) is 61.4 Å². The zero-order valence-corrected chi connectivity index (χ0v) is 18.8. The molecule has 0 saturated heterocycles. The fourth-order valence-corrected chi connectivity index (χ4v) is 4.49. The average molecular weight is 451 g/mol. The number of hydrogen-bond acceptors (Lipinski definition) is 6. The van der Waals surface area contributed by atoms with Gasteiger partial charge in [0.15, 0.2) is 0 Å². The van der Waals surface area contributed by atoms with E-state index in [0.29, 0.717) is 16.4 Å². The summed E-state index contributed by atoms with van der Waals surface area (Å²) >= 11 is 1.40. The first-order valence-electron chi connectivity index (χ1n) is 10.3. The van der Waals surface area contributed by atoms with Crippen LogP contribution in [0.15, 0.2) is 71.7 Å². The van der Waals surface area contributed by atoms with Crippen molar-refractivity contribution in [2.75, 3.05) is 0 Å². The first-order valence-corrected chi connectivity index (χ1v) is 11.1. The Balaban J connectivity index is 1.73. The van der Waals surface area contributed by atoms with Crippen molar-refractivity contribution in [2.24, 2.45) is 0 Å². The Bertz CT molecular complexity index is 1620. The van der Waals surface area contributed by atoms with Gasteiger partial charge in [-0.25, -0.2) is 4.98 Å². The first kappa shape index (κ1) is 20.6. The summed E-state index contributed by atoms with van der Waals surface area (Å²) in [7, 11) is 0. The van der Waals surface area contributed by atoms with Crippen molar-refractivity contribution in [1.82, 2.24) is 14.4 Å². The van der Waals surface area contributed by atoms with Gasteiger partial charge in [-0.3, -0.25) is 9.20 Å². The number of benzene rings is 2. The molecule has 7 heteroatoms. The van der Waals surface area contributed by atoms with Gasteiger partial charge < -0.3 is 4.74 Å². The second-order valence-corrected chi connectivity index (χ2v) is 8.63. The van der Waals surface area contributed by atoms with Gasteiger partial charge in [-0.2, -0.15) is 10.2 Å². The number of aryl methyl sites for hydroxylation is 2. The second-order valence-electron chi connectivity index (χ2n) is 7.60. The molecule has 3 aromatic heterocycles. The third-order valence-electron chi connectivity index (χ3n) is 5.19. The summed E-state index contributed by atoms with van der Waals surface area (Å²) in [6.07, 6.45) is 3.18. The molecule has 160 valence electrons. The van der Waals surface area contributed by atoms with E-state index in [1.807, 2.05) is 62.4 Å². The van der Waals surface area contributed by atoms with Gasteiger partial charge in [0.2, 0.25) is 5.88 Å². The summed E-state index contributed by atoms with van der Waals surface area (Å²) < 4.78 is 8.52. The first-order chi connectivity index (χ1) is 16.0. The van der Waals surface area contributed by atoms with Crippen molar-refractivity contribution >= 4 is 38.8 Å². The maximum absolute atomic E-state index is 13.5.